The zero-order chi connectivity index (χ0) is 9.02. The van der Waals surface area contributed by atoms with Gasteiger partial charge in [-0.25, -0.2) is 0 Å². The van der Waals surface area contributed by atoms with Crippen LogP contribution in [0.5, 0.6) is 0 Å². The second kappa shape index (κ2) is 4.29. The summed E-state index contributed by atoms with van der Waals surface area (Å²) in [5.41, 5.74) is 0.652. The molecule has 0 amide bonds. The second-order valence-corrected chi connectivity index (χ2v) is 3.31. The van der Waals surface area contributed by atoms with E-state index in [0.717, 1.165) is 6.54 Å². The molecule has 0 aromatic heterocycles. The SMILES string of the molecule is C=C(C)C(=O)C(C)CN(C)C. The van der Waals surface area contributed by atoms with Gasteiger partial charge in [0.2, 0.25) is 0 Å². The van der Waals surface area contributed by atoms with Gasteiger partial charge in [-0.05, 0) is 26.6 Å². The topological polar surface area (TPSA) is 20.3 Å². The van der Waals surface area contributed by atoms with Crippen LogP contribution in [0, 0.1) is 5.92 Å². The Morgan fingerprint density at radius 1 is 1.55 bits per heavy atom. The van der Waals surface area contributed by atoms with Crippen molar-refractivity contribution >= 4 is 5.78 Å². The fourth-order valence-corrected chi connectivity index (χ4v) is 1.05. The molecule has 0 aliphatic rings. The summed E-state index contributed by atoms with van der Waals surface area (Å²) in [6, 6.07) is 0. The first-order valence-electron chi connectivity index (χ1n) is 3.79. The molecule has 0 N–H and O–H groups in total. The zero-order valence-corrected chi connectivity index (χ0v) is 7.85. The van der Waals surface area contributed by atoms with Gasteiger partial charge in [0, 0.05) is 12.5 Å². The third kappa shape index (κ3) is 3.94. The highest BCUT2D eigenvalue weighted by atomic mass is 16.1. The Balaban J connectivity index is 3.93. The fourth-order valence-electron chi connectivity index (χ4n) is 1.05. The summed E-state index contributed by atoms with van der Waals surface area (Å²) < 4.78 is 0. The van der Waals surface area contributed by atoms with E-state index in [2.05, 4.69) is 6.58 Å². The summed E-state index contributed by atoms with van der Waals surface area (Å²) in [5, 5.41) is 0. The fraction of sp³-hybridized carbons (Fsp3) is 0.667. The maximum absolute atomic E-state index is 11.3. The molecule has 2 nitrogen and oxygen atoms in total. The number of nitrogens with zero attached hydrogens (tertiary/aromatic N) is 1. The van der Waals surface area contributed by atoms with Crippen LogP contribution in [0.15, 0.2) is 12.2 Å². The quantitative estimate of drug-likeness (QED) is 0.571. The highest BCUT2D eigenvalue weighted by Gasteiger charge is 2.13. The van der Waals surface area contributed by atoms with Gasteiger partial charge in [0.25, 0.3) is 0 Å². The zero-order valence-electron chi connectivity index (χ0n) is 7.85. The first kappa shape index (κ1) is 10.4. The van der Waals surface area contributed by atoms with Crippen LogP contribution in [0.1, 0.15) is 13.8 Å². The highest BCUT2D eigenvalue weighted by Crippen LogP contribution is 2.04. The molecule has 0 heterocycles. The number of Topliss-reactive ketones (excluding diaryl/α,β-unsaturated/α-hetero) is 1. The summed E-state index contributed by atoms with van der Waals surface area (Å²) in [4.78, 5) is 13.3. The Kier molecular flexibility index (Phi) is 4.04. The number of carbonyl (C=O) groups is 1. The molecule has 64 valence electrons. The first-order valence-corrected chi connectivity index (χ1v) is 3.79. The third-order valence-corrected chi connectivity index (χ3v) is 1.51. The van der Waals surface area contributed by atoms with Crippen LogP contribution in [-0.4, -0.2) is 31.3 Å². The molecular formula is C9H17NO. The van der Waals surface area contributed by atoms with Crippen LogP contribution < -0.4 is 0 Å². The standard InChI is InChI=1S/C9H17NO/c1-7(2)9(11)8(3)6-10(4)5/h8H,1,6H2,2-5H3. The lowest BCUT2D eigenvalue weighted by molar-refractivity contribution is -0.119. The van der Waals surface area contributed by atoms with E-state index in [9.17, 15) is 4.79 Å². The van der Waals surface area contributed by atoms with E-state index < -0.39 is 0 Å². The summed E-state index contributed by atoms with van der Waals surface area (Å²) >= 11 is 0. The van der Waals surface area contributed by atoms with E-state index in [1.807, 2.05) is 25.9 Å². The maximum atomic E-state index is 11.3. The normalized spacial score (nSPS) is 13.2. The van der Waals surface area contributed by atoms with Gasteiger partial charge in [-0.2, -0.15) is 0 Å². The van der Waals surface area contributed by atoms with Crippen LogP contribution in [-0.2, 0) is 4.79 Å². The molecule has 0 aliphatic carbocycles. The predicted molar refractivity (Wildman–Crippen MR) is 47.5 cm³/mol. The number of hydrogen-bond donors (Lipinski definition) is 0. The van der Waals surface area contributed by atoms with Crippen LogP contribution in [0.4, 0.5) is 0 Å². The molecule has 0 spiro atoms. The lowest BCUT2D eigenvalue weighted by atomic mass is 10.0. The molecule has 2 heteroatoms. The minimum atomic E-state index is 0.0718. The van der Waals surface area contributed by atoms with E-state index in [4.69, 9.17) is 0 Å². The Morgan fingerprint density at radius 2 is 2.00 bits per heavy atom. The van der Waals surface area contributed by atoms with Gasteiger partial charge in [-0.1, -0.05) is 13.5 Å². The average Bonchev–Trinajstić information content (AvgIpc) is 1.84. The number of allylic oxidation sites excluding steroid dienone is 1. The molecule has 1 atom stereocenters. The van der Waals surface area contributed by atoms with Crippen molar-refractivity contribution < 1.29 is 4.79 Å². The van der Waals surface area contributed by atoms with Crippen LogP contribution in [0.3, 0.4) is 0 Å². The summed E-state index contributed by atoms with van der Waals surface area (Å²) in [6.45, 7) is 8.10. The van der Waals surface area contributed by atoms with Crippen molar-refractivity contribution in [1.82, 2.24) is 4.90 Å². The lowest BCUT2D eigenvalue weighted by Gasteiger charge is -2.15. The van der Waals surface area contributed by atoms with Crippen molar-refractivity contribution in [2.24, 2.45) is 5.92 Å². The minimum Gasteiger partial charge on any atom is -0.309 e. The molecule has 11 heavy (non-hydrogen) atoms. The average molecular weight is 155 g/mol. The highest BCUT2D eigenvalue weighted by molar-refractivity contribution is 5.95. The molecule has 0 aromatic carbocycles. The van der Waals surface area contributed by atoms with Crippen molar-refractivity contribution in [3.8, 4) is 0 Å². The lowest BCUT2D eigenvalue weighted by Crippen LogP contribution is -2.25. The minimum absolute atomic E-state index is 0.0718. The van der Waals surface area contributed by atoms with Gasteiger partial charge < -0.3 is 4.90 Å². The Labute approximate surface area is 68.9 Å². The Bertz CT molecular complexity index is 161. The van der Waals surface area contributed by atoms with Crippen molar-refractivity contribution in [2.75, 3.05) is 20.6 Å². The molecule has 0 aliphatic heterocycles. The van der Waals surface area contributed by atoms with E-state index in [-0.39, 0.29) is 11.7 Å². The summed E-state index contributed by atoms with van der Waals surface area (Å²) in [7, 11) is 3.92. The number of rotatable bonds is 4. The van der Waals surface area contributed by atoms with Gasteiger partial charge >= 0.3 is 0 Å². The van der Waals surface area contributed by atoms with Gasteiger partial charge in [-0.3, -0.25) is 4.79 Å². The van der Waals surface area contributed by atoms with Gasteiger partial charge in [0.15, 0.2) is 5.78 Å². The van der Waals surface area contributed by atoms with Crippen molar-refractivity contribution in [3.05, 3.63) is 12.2 Å². The number of hydrogen-bond acceptors (Lipinski definition) is 2. The van der Waals surface area contributed by atoms with Crippen LogP contribution >= 0.6 is 0 Å². The van der Waals surface area contributed by atoms with E-state index in [0.29, 0.717) is 5.57 Å². The maximum Gasteiger partial charge on any atom is 0.162 e. The predicted octanol–water partition coefficient (Wildman–Crippen LogP) is 1.33. The first-order chi connectivity index (χ1) is 4.95. The molecule has 0 aromatic rings. The van der Waals surface area contributed by atoms with Crippen molar-refractivity contribution in [3.63, 3.8) is 0 Å². The molecule has 0 saturated carbocycles. The van der Waals surface area contributed by atoms with E-state index in [1.165, 1.54) is 0 Å². The van der Waals surface area contributed by atoms with Crippen LogP contribution in [0.2, 0.25) is 0 Å². The van der Waals surface area contributed by atoms with Gasteiger partial charge in [0.05, 0.1) is 0 Å². The molecule has 0 saturated heterocycles. The number of carbonyl (C=O) groups excluding carboxylic acids is 1. The molecule has 0 radical (unpaired) electrons. The number of ketones is 1. The molecule has 0 bridgehead atoms. The molecular weight excluding hydrogens is 138 g/mol. The van der Waals surface area contributed by atoms with Crippen LogP contribution in [0.25, 0.3) is 0 Å². The smallest absolute Gasteiger partial charge is 0.162 e. The van der Waals surface area contributed by atoms with Gasteiger partial charge in [-0.15, -0.1) is 0 Å². The molecule has 1 unspecified atom stereocenters. The van der Waals surface area contributed by atoms with Crippen molar-refractivity contribution in [1.29, 1.82) is 0 Å². The summed E-state index contributed by atoms with van der Waals surface area (Å²) in [6.07, 6.45) is 0. The second-order valence-electron chi connectivity index (χ2n) is 3.31. The van der Waals surface area contributed by atoms with E-state index >= 15 is 0 Å². The molecule has 0 fully saturated rings. The Morgan fingerprint density at radius 3 is 2.27 bits per heavy atom. The van der Waals surface area contributed by atoms with Crippen molar-refractivity contribution in [2.45, 2.75) is 13.8 Å². The molecule has 0 rings (SSSR count). The largest absolute Gasteiger partial charge is 0.309 e. The monoisotopic (exact) mass is 155 g/mol. The van der Waals surface area contributed by atoms with Gasteiger partial charge in [0.1, 0.15) is 0 Å². The van der Waals surface area contributed by atoms with E-state index in [1.54, 1.807) is 6.92 Å². The third-order valence-electron chi connectivity index (χ3n) is 1.51. The summed E-state index contributed by atoms with van der Waals surface area (Å²) in [5.74, 6) is 0.237. The Hall–Kier alpha value is -0.630.